The van der Waals surface area contributed by atoms with E-state index in [0.29, 0.717) is 19.4 Å². The van der Waals surface area contributed by atoms with Crippen LogP contribution in [0.25, 0.3) is 0 Å². The summed E-state index contributed by atoms with van der Waals surface area (Å²) in [7, 11) is 0. The Morgan fingerprint density at radius 1 is 1.27 bits per heavy atom. The Morgan fingerprint density at radius 3 is 2.27 bits per heavy atom. The minimum atomic E-state index is -0.887. The molecule has 0 bridgehead atoms. The predicted octanol–water partition coefficient (Wildman–Crippen LogP) is 1.63. The van der Waals surface area contributed by atoms with Crippen LogP contribution in [0.2, 0.25) is 0 Å². The van der Waals surface area contributed by atoms with Gasteiger partial charge in [0.25, 0.3) is 0 Å². The molecule has 15 heavy (non-hydrogen) atoms. The molecule has 1 atom stereocenters. The number of carbonyl (C=O) groups excluding carboxylic acids is 2. The molecule has 0 aromatic carbocycles. The van der Waals surface area contributed by atoms with E-state index in [1.165, 1.54) is 0 Å². The Balaban J connectivity index is 4.42. The van der Waals surface area contributed by atoms with Gasteiger partial charge in [0.1, 0.15) is 5.54 Å². The lowest BCUT2D eigenvalue weighted by Crippen LogP contribution is -2.52. The third kappa shape index (κ3) is 4.32. The molecule has 4 heteroatoms. The van der Waals surface area contributed by atoms with E-state index in [1.807, 2.05) is 13.8 Å². The molecule has 0 radical (unpaired) electrons. The number of rotatable bonds is 6. The minimum absolute atomic E-state index is 0.102. The van der Waals surface area contributed by atoms with Crippen LogP contribution in [0, 0.1) is 0 Å². The van der Waals surface area contributed by atoms with Crippen molar-refractivity contribution in [3.63, 3.8) is 0 Å². The summed E-state index contributed by atoms with van der Waals surface area (Å²) in [6.45, 7) is 7.55. The summed E-state index contributed by atoms with van der Waals surface area (Å²) in [5.74, 6) is -0.466. The van der Waals surface area contributed by atoms with Gasteiger partial charge in [-0.3, -0.25) is 4.79 Å². The average molecular weight is 215 g/mol. The topological polar surface area (TPSA) is 55.4 Å². The van der Waals surface area contributed by atoms with Gasteiger partial charge in [-0.15, -0.1) is 0 Å². The average Bonchev–Trinajstić information content (AvgIpc) is 2.18. The van der Waals surface area contributed by atoms with E-state index in [1.54, 1.807) is 13.8 Å². The van der Waals surface area contributed by atoms with Crippen molar-refractivity contribution in [1.29, 1.82) is 0 Å². The van der Waals surface area contributed by atoms with Gasteiger partial charge in [-0.05, 0) is 26.7 Å². The van der Waals surface area contributed by atoms with Crippen molar-refractivity contribution < 1.29 is 14.3 Å². The largest absolute Gasteiger partial charge is 0.464 e. The van der Waals surface area contributed by atoms with Gasteiger partial charge in [-0.25, -0.2) is 4.79 Å². The lowest BCUT2D eigenvalue weighted by atomic mass is 9.99. The Kier molecular flexibility index (Phi) is 5.97. The van der Waals surface area contributed by atoms with Crippen molar-refractivity contribution in [2.45, 2.75) is 52.5 Å². The summed E-state index contributed by atoms with van der Waals surface area (Å²) >= 11 is 0. The summed E-state index contributed by atoms with van der Waals surface area (Å²) < 4.78 is 4.92. The van der Waals surface area contributed by atoms with Gasteiger partial charge in [-0.2, -0.15) is 0 Å². The zero-order valence-corrected chi connectivity index (χ0v) is 10.1. The fourth-order valence-corrected chi connectivity index (χ4v) is 1.17. The molecule has 1 unspecified atom stereocenters. The molecule has 1 N–H and O–H groups in total. The second-order valence-electron chi connectivity index (χ2n) is 3.70. The van der Waals surface area contributed by atoms with E-state index in [9.17, 15) is 9.59 Å². The van der Waals surface area contributed by atoms with Crippen LogP contribution in [-0.2, 0) is 14.3 Å². The normalized spacial score (nSPS) is 14.1. The first-order chi connectivity index (χ1) is 7.00. The van der Waals surface area contributed by atoms with Crippen molar-refractivity contribution in [1.82, 2.24) is 5.32 Å². The highest BCUT2D eigenvalue weighted by Crippen LogP contribution is 2.12. The zero-order valence-electron chi connectivity index (χ0n) is 10.1. The highest BCUT2D eigenvalue weighted by Gasteiger charge is 2.34. The second-order valence-corrected chi connectivity index (χ2v) is 3.70. The number of hydrogen-bond donors (Lipinski definition) is 1. The number of hydrogen-bond acceptors (Lipinski definition) is 3. The molecule has 0 aromatic rings. The number of amides is 1. The molecule has 0 aliphatic rings. The Hall–Kier alpha value is -1.06. The molecule has 1 amide bonds. The number of esters is 1. The van der Waals surface area contributed by atoms with Gasteiger partial charge in [0, 0.05) is 6.42 Å². The molecule has 4 nitrogen and oxygen atoms in total. The van der Waals surface area contributed by atoms with Crippen molar-refractivity contribution in [3.8, 4) is 0 Å². The maximum Gasteiger partial charge on any atom is 0.331 e. The first-order valence-electron chi connectivity index (χ1n) is 5.48. The summed E-state index contributed by atoms with van der Waals surface area (Å²) in [6.07, 6.45) is 1.74. The van der Waals surface area contributed by atoms with Crippen LogP contribution in [0.3, 0.4) is 0 Å². The molecule has 0 fully saturated rings. The maximum atomic E-state index is 11.6. The summed E-state index contributed by atoms with van der Waals surface area (Å²) in [4.78, 5) is 23.0. The molecule has 0 rings (SSSR count). The summed E-state index contributed by atoms with van der Waals surface area (Å²) in [5, 5.41) is 2.72. The van der Waals surface area contributed by atoms with Crippen molar-refractivity contribution in [2.75, 3.05) is 6.61 Å². The highest BCUT2D eigenvalue weighted by molar-refractivity contribution is 5.87. The van der Waals surface area contributed by atoms with Crippen molar-refractivity contribution in [2.24, 2.45) is 0 Å². The van der Waals surface area contributed by atoms with E-state index in [-0.39, 0.29) is 11.9 Å². The van der Waals surface area contributed by atoms with Gasteiger partial charge in [0.2, 0.25) is 5.91 Å². The maximum absolute atomic E-state index is 11.6. The van der Waals surface area contributed by atoms with E-state index >= 15 is 0 Å². The molecular weight excluding hydrogens is 194 g/mol. The lowest BCUT2D eigenvalue weighted by molar-refractivity contribution is -0.152. The van der Waals surface area contributed by atoms with Gasteiger partial charge >= 0.3 is 5.97 Å². The predicted molar refractivity (Wildman–Crippen MR) is 58.4 cm³/mol. The monoisotopic (exact) mass is 215 g/mol. The SMILES string of the molecule is CCCC(=O)NC(C)(CC)C(=O)OCC. The van der Waals surface area contributed by atoms with E-state index < -0.39 is 5.54 Å². The third-order valence-corrected chi connectivity index (χ3v) is 2.33. The van der Waals surface area contributed by atoms with Gasteiger partial charge in [-0.1, -0.05) is 13.8 Å². The Bertz CT molecular complexity index is 228. The summed E-state index contributed by atoms with van der Waals surface area (Å²) in [6, 6.07) is 0. The van der Waals surface area contributed by atoms with Crippen LogP contribution in [0.1, 0.15) is 47.0 Å². The molecule has 0 aliphatic heterocycles. The molecule has 0 aromatic heterocycles. The van der Waals surface area contributed by atoms with Gasteiger partial charge < -0.3 is 10.1 Å². The zero-order chi connectivity index (χ0) is 11.9. The van der Waals surface area contributed by atoms with Gasteiger partial charge in [0.15, 0.2) is 0 Å². The number of nitrogens with one attached hydrogen (secondary N) is 1. The van der Waals surface area contributed by atoms with Crippen LogP contribution in [0.4, 0.5) is 0 Å². The molecule has 0 saturated carbocycles. The quantitative estimate of drug-likeness (QED) is 0.685. The van der Waals surface area contributed by atoms with Crippen LogP contribution < -0.4 is 5.32 Å². The Morgan fingerprint density at radius 2 is 1.87 bits per heavy atom. The highest BCUT2D eigenvalue weighted by atomic mass is 16.5. The lowest BCUT2D eigenvalue weighted by Gasteiger charge is -2.26. The van der Waals surface area contributed by atoms with Gasteiger partial charge in [0.05, 0.1) is 6.61 Å². The standard InChI is InChI=1S/C11H21NO3/c1-5-8-9(13)12-11(4,6-2)10(14)15-7-3/h5-8H2,1-4H3,(H,12,13). The van der Waals surface area contributed by atoms with E-state index in [4.69, 9.17) is 4.74 Å². The minimum Gasteiger partial charge on any atom is -0.464 e. The first kappa shape index (κ1) is 13.9. The molecule has 0 saturated heterocycles. The summed E-state index contributed by atoms with van der Waals surface area (Å²) in [5.41, 5.74) is -0.887. The second kappa shape index (κ2) is 6.43. The van der Waals surface area contributed by atoms with Crippen LogP contribution in [-0.4, -0.2) is 24.0 Å². The molecular formula is C11H21NO3. The molecule has 0 aliphatic carbocycles. The fourth-order valence-electron chi connectivity index (χ4n) is 1.17. The third-order valence-electron chi connectivity index (χ3n) is 2.33. The first-order valence-corrected chi connectivity index (χ1v) is 5.48. The van der Waals surface area contributed by atoms with E-state index in [0.717, 1.165) is 6.42 Å². The Labute approximate surface area is 91.4 Å². The van der Waals surface area contributed by atoms with Crippen LogP contribution in [0.5, 0.6) is 0 Å². The molecule has 88 valence electrons. The number of ether oxygens (including phenoxy) is 1. The number of carbonyl (C=O) groups is 2. The molecule has 0 spiro atoms. The smallest absolute Gasteiger partial charge is 0.331 e. The van der Waals surface area contributed by atoms with Crippen LogP contribution >= 0.6 is 0 Å². The fraction of sp³-hybridized carbons (Fsp3) is 0.818. The van der Waals surface area contributed by atoms with Crippen molar-refractivity contribution in [3.05, 3.63) is 0 Å². The van der Waals surface area contributed by atoms with Crippen LogP contribution in [0.15, 0.2) is 0 Å². The van der Waals surface area contributed by atoms with E-state index in [2.05, 4.69) is 5.32 Å². The van der Waals surface area contributed by atoms with Crippen molar-refractivity contribution >= 4 is 11.9 Å². The molecule has 0 heterocycles.